The fourth-order valence-corrected chi connectivity index (χ4v) is 3.54. The molecule has 0 saturated heterocycles. The van der Waals surface area contributed by atoms with E-state index in [0.717, 1.165) is 12.8 Å². The maximum atomic E-state index is 14.2. The summed E-state index contributed by atoms with van der Waals surface area (Å²) in [6.07, 6.45) is 6.71. The monoisotopic (exact) mass is 328 g/mol. The Morgan fingerprint density at radius 1 is 0.958 bits per heavy atom. The zero-order valence-corrected chi connectivity index (χ0v) is 13.9. The van der Waals surface area contributed by atoms with Gasteiger partial charge in [0.05, 0.1) is 7.11 Å². The van der Waals surface area contributed by atoms with Gasteiger partial charge in [-0.25, -0.2) is 4.39 Å². The smallest absolute Gasteiger partial charge is 0.201 e. The molecule has 0 atom stereocenters. The molecule has 0 aromatic heterocycles. The van der Waals surface area contributed by atoms with Crippen molar-refractivity contribution in [3.8, 4) is 16.9 Å². The summed E-state index contributed by atoms with van der Waals surface area (Å²) in [4.78, 5) is 0. The van der Waals surface area contributed by atoms with Gasteiger partial charge in [0.15, 0.2) is 11.6 Å². The standard InChI is InChI=1S/C21H22F2O/c1-3-14-4-6-15(7-5-14)16-8-10-17(11-9-16)18-12-13-19(24-2)21(23)20(18)22/h3,8-15H,1,4-7H2,2H3. The van der Waals surface area contributed by atoms with Gasteiger partial charge in [0.2, 0.25) is 5.82 Å². The first kappa shape index (κ1) is 16.7. The highest BCUT2D eigenvalue weighted by molar-refractivity contribution is 5.65. The molecule has 0 heterocycles. The lowest BCUT2D eigenvalue weighted by atomic mass is 9.78. The van der Waals surface area contributed by atoms with Crippen LogP contribution in [0.4, 0.5) is 8.78 Å². The highest BCUT2D eigenvalue weighted by Gasteiger charge is 2.21. The number of ether oxygens (including phenoxy) is 1. The number of hydrogen-bond acceptors (Lipinski definition) is 1. The van der Waals surface area contributed by atoms with Crippen LogP contribution in [0.1, 0.15) is 37.2 Å². The number of methoxy groups -OCH3 is 1. The lowest BCUT2D eigenvalue weighted by Gasteiger charge is -2.27. The molecule has 1 aliphatic carbocycles. The topological polar surface area (TPSA) is 9.23 Å². The van der Waals surface area contributed by atoms with E-state index in [0.29, 0.717) is 17.4 Å². The van der Waals surface area contributed by atoms with Crippen molar-refractivity contribution in [3.63, 3.8) is 0 Å². The van der Waals surface area contributed by atoms with E-state index in [9.17, 15) is 8.78 Å². The molecular weight excluding hydrogens is 306 g/mol. The lowest BCUT2D eigenvalue weighted by molar-refractivity contribution is 0.372. The largest absolute Gasteiger partial charge is 0.494 e. The van der Waals surface area contributed by atoms with E-state index >= 15 is 0 Å². The number of allylic oxidation sites excluding steroid dienone is 1. The van der Waals surface area contributed by atoms with Crippen LogP contribution in [0, 0.1) is 17.6 Å². The van der Waals surface area contributed by atoms with Crippen LogP contribution in [0.15, 0.2) is 49.1 Å². The summed E-state index contributed by atoms with van der Waals surface area (Å²) in [5, 5.41) is 0. The summed E-state index contributed by atoms with van der Waals surface area (Å²) in [7, 11) is 1.33. The molecule has 0 aliphatic heterocycles. The Hall–Kier alpha value is -2.16. The summed E-state index contributed by atoms with van der Waals surface area (Å²) in [5.74, 6) is -0.702. The maximum absolute atomic E-state index is 14.2. The van der Waals surface area contributed by atoms with E-state index in [1.54, 1.807) is 6.07 Å². The fraction of sp³-hybridized carbons (Fsp3) is 0.333. The second-order valence-electron chi connectivity index (χ2n) is 6.41. The molecule has 0 unspecified atom stereocenters. The van der Waals surface area contributed by atoms with E-state index in [1.807, 2.05) is 24.3 Å². The van der Waals surface area contributed by atoms with Gasteiger partial charge in [0.25, 0.3) is 0 Å². The Kier molecular flexibility index (Phi) is 4.98. The molecule has 2 aromatic carbocycles. The van der Waals surface area contributed by atoms with E-state index in [-0.39, 0.29) is 11.3 Å². The molecule has 1 nitrogen and oxygen atoms in total. The molecule has 0 bridgehead atoms. The van der Waals surface area contributed by atoms with Crippen LogP contribution < -0.4 is 4.74 Å². The zero-order chi connectivity index (χ0) is 17.1. The van der Waals surface area contributed by atoms with Gasteiger partial charge >= 0.3 is 0 Å². The Morgan fingerprint density at radius 2 is 1.62 bits per heavy atom. The molecule has 0 amide bonds. The molecule has 1 saturated carbocycles. The van der Waals surface area contributed by atoms with Crippen LogP contribution in [0.2, 0.25) is 0 Å². The average Bonchev–Trinajstić information content (AvgIpc) is 2.64. The van der Waals surface area contributed by atoms with E-state index < -0.39 is 11.6 Å². The third kappa shape index (κ3) is 3.21. The molecule has 2 aromatic rings. The highest BCUT2D eigenvalue weighted by Crippen LogP contribution is 2.37. The predicted molar refractivity (Wildman–Crippen MR) is 93.2 cm³/mol. The number of hydrogen-bond donors (Lipinski definition) is 0. The van der Waals surface area contributed by atoms with E-state index in [2.05, 4.69) is 12.7 Å². The molecule has 1 fully saturated rings. The van der Waals surface area contributed by atoms with Gasteiger partial charge in [-0.2, -0.15) is 4.39 Å². The Morgan fingerprint density at radius 3 is 2.21 bits per heavy atom. The quantitative estimate of drug-likeness (QED) is 0.616. The SMILES string of the molecule is C=CC1CCC(c2ccc(-c3ccc(OC)c(F)c3F)cc2)CC1. The molecule has 1 aliphatic rings. The third-order valence-corrected chi connectivity index (χ3v) is 5.07. The second kappa shape index (κ2) is 7.16. The minimum atomic E-state index is -0.943. The molecule has 0 radical (unpaired) electrons. The van der Waals surface area contributed by atoms with Crippen LogP contribution >= 0.6 is 0 Å². The Labute approximate surface area is 142 Å². The van der Waals surface area contributed by atoms with Gasteiger partial charge in [-0.1, -0.05) is 30.3 Å². The molecule has 0 spiro atoms. The zero-order valence-electron chi connectivity index (χ0n) is 13.9. The van der Waals surface area contributed by atoms with Crippen molar-refractivity contribution in [1.82, 2.24) is 0 Å². The van der Waals surface area contributed by atoms with Gasteiger partial charge in [0, 0.05) is 5.56 Å². The van der Waals surface area contributed by atoms with Crippen LogP contribution in [-0.4, -0.2) is 7.11 Å². The first-order valence-electron chi connectivity index (χ1n) is 8.39. The molecule has 0 N–H and O–H groups in total. The normalized spacial score (nSPS) is 20.6. The van der Waals surface area contributed by atoms with Crippen LogP contribution in [0.5, 0.6) is 5.75 Å². The van der Waals surface area contributed by atoms with E-state index in [4.69, 9.17) is 4.74 Å². The van der Waals surface area contributed by atoms with Crippen LogP contribution in [0.3, 0.4) is 0 Å². The molecule has 126 valence electrons. The van der Waals surface area contributed by atoms with Crippen molar-refractivity contribution in [2.24, 2.45) is 5.92 Å². The van der Waals surface area contributed by atoms with Crippen LogP contribution in [-0.2, 0) is 0 Å². The van der Waals surface area contributed by atoms with Gasteiger partial charge < -0.3 is 4.74 Å². The average molecular weight is 328 g/mol. The number of halogens is 2. The highest BCUT2D eigenvalue weighted by atomic mass is 19.2. The summed E-state index contributed by atoms with van der Waals surface area (Å²) in [6.45, 7) is 3.88. The van der Waals surface area contributed by atoms with Crippen molar-refractivity contribution in [2.45, 2.75) is 31.6 Å². The Balaban J connectivity index is 1.80. The first-order valence-corrected chi connectivity index (χ1v) is 8.39. The minimum Gasteiger partial charge on any atom is -0.494 e. The Bertz CT molecular complexity index is 713. The molecule has 24 heavy (non-hydrogen) atoms. The molecule has 3 heteroatoms. The minimum absolute atomic E-state index is 0.0770. The maximum Gasteiger partial charge on any atom is 0.201 e. The second-order valence-corrected chi connectivity index (χ2v) is 6.41. The van der Waals surface area contributed by atoms with Crippen molar-refractivity contribution in [1.29, 1.82) is 0 Å². The predicted octanol–water partition coefficient (Wildman–Crippen LogP) is 6.10. The summed E-state index contributed by atoms with van der Waals surface area (Å²) >= 11 is 0. The van der Waals surface area contributed by atoms with Gasteiger partial charge in [-0.3, -0.25) is 0 Å². The summed E-state index contributed by atoms with van der Waals surface area (Å²) in [5.41, 5.74) is 2.21. The first-order chi connectivity index (χ1) is 11.6. The fourth-order valence-electron chi connectivity index (χ4n) is 3.54. The molecular formula is C21H22F2O. The van der Waals surface area contributed by atoms with Gasteiger partial charge in [-0.05, 0) is 60.8 Å². The van der Waals surface area contributed by atoms with Gasteiger partial charge in [-0.15, -0.1) is 6.58 Å². The van der Waals surface area contributed by atoms with E-state index in [1.165, 1.54) is 31.6 Å². The van der Waals surface area contributed by atoms with Crippen molar-refractivity contribution < 1.29 is 13.5 Å². The molecule has 3 rings (SSSR count). The van der Waals surface area contributed by atoms with Crippen molar-refractivity contribution in [2.75, 3.05) is 7.11 Å². The number of benzene rings is 2. The summed E-state index contributed by atoms with van der Waals surface area (Å²) < 4.78 is 32.9. The lowest BCUT2D eigenvalue weighted by Crippen LogP contribution is -2.11. The number of rotatable bonds is 4. The summed E-state index contributed by atoms with van der Waals surface area (Å²) in [6, 6.07) is 10.8. The van der Waals surface area contributed by atoms with Crippen molar-refractivity contribution in [3.05, 3.63) is 66.3 Å². The third-order valence-electron chi connectivity index (χ3n) is 5.07. The van der Waals surface area contributed by atoms with Gasteiger partial charge in [0.1, 0.15) is 0 Å². The van der Waals surface area contributed by atoms with Crippen LogP contribution in [0.25, 0.3) is 11.1 Å². The van der Waals surface area contributed by atoms with Crippen molar-refractivity contribution >= 4 is 0 Å².